The molecule has 120 valence electrons. The molecule has 0 heterocycles. The molecule has 0 saturated carbocycles. The van der Waals surface area contributed by atoms with E-state index in [1.54, 1.807) is 54.8 Å². The smallest absolute Gasteiger partial charge is 0.275 e. The van der Waals surface area contributed by atoms with Crippen LogP contribution >= 0.6 is 11.8 Å². The van der Waals surface area contributed by atoms with Crippen molar-refractivity contribution in [3.05, 3.63) is 66.2 Å². The molecule has 0 aliphatic rings. The quantitative estimate of drug-likeness (QED) is 0.503. The van der Waals surface area contributed by atoms with Crippen LogP contribution in [0.15, 0.2) is 70.0 Å². The van der Waals surface area contributed by atoms with Gasteiger partial charge in [-0.3, -0.25) is 15.6 Å². The number of hydrazine groups is 1. The first kappa shape index (κ1) is 17.0. The second-order valence-electron chi connectivity index (χ2n) is 4.33. The minimum Gasteiger partial charge on any atom is -0.275 e. The van der Waals surface area contributed by atoms with E-state index in [1.807, 2.05) is 0 Å². The third kappa shape index (κ3) is 4.83. The van der Waals surface area contributed by atoms with Crippen LogP contribution in [0.25, 0.3) is 0 Å². The van der Waals surface area contributed by atoms with Crippen molar-refractivity contribution in [1.29, 1.82) is 0 Å². The van der Waals surface area contributed by atoms with Crippen molar-refractivity contribution in [3.63, 3.8) is 0 Å². The molecule has 0 aromatic heterocycles. The van der Waals surface area contributed by atoms with Gasteiger partial charge in [0.25, 0.3) is 15.9 Å². The number of nitrogens with zero attached hydrogens (tertiary/aromatic N) is 1. The van der Waals surface area contributed by atoms with Crippen LogP contribution in [0.2, 0.25) is 0 Å². The molecule has 0 atom stereocenters. The minimum absolute atomic E-state index is 0.0677. The summed E-state index contributed by atoms with van der Waals surface area (Å²) in [6.45, 7) is 0. The molecule has 2 N–H and O–H groups in total. The maximum absolute atomic E-state index is 12.2. The predicted molar refractivity (Wildman–Crippen MR) is 91.6 cm³/mol. The average Bonchev–Trinajstić information content (AvgIpc) is 2.59. The third-order valence-electron chi connectivity index (χ3n) is 2.76. The topological polar surface area (TPSA) is 87.6 Å². The van der Waals surface area contributed by atoms with Gasteiger partial charge in [0.1, 0.15) is 0 Å². The zero-order valence-electron chi connectivity index (χ0n) is 12.3. The van der Waals surface area contributed by atoms with E-state index in [9.17, 15) is 13.2 Å². The van der Waals surface area contributed by atoms with E-state index in [-0.39, 0.29) is 16.0 Å². The highest BCUT2D eigenvalue weighted by molar-refractivity contribution is 8.13. The highest BCUT2D eigenvalue weighted by atomic mass is 32.2. The summed E-state index contributed by atoms with van der Waals surface area (Å²) in [5, 5.41) is 0.0677. The Morgan fingerprint density at radius 1 is 0.957 bits per heavy atom. The third-order valence-corrected chi connectivity index (χ3v) is 4.74. The molecule has 2 rings (SSSR count). The van der Waals surface area contributed by atoms with E-state index in [2.05, 4.69) is 15.2 Å². The van der Waals surface area contributed by atoms with Crippen LogP contribution in [0.4, 0.5) is 0 Å². The van der Waals surface area contributed by atoms with Crippen LogP contribution in [-0.2, 0) is 10.0 Å². The summed E-state index contributed by atoms with van der Waals surface area (Å²) in [6.07, 6.45) is 1.65. The first-order valence-corrected chi connectivity index (χ1v) is 9.25. The number of benzene rings is 2. The zero-order chi connectivity index (χ0) is 16.7. The van der Waals surface area contributed by atoms with Crippen LogP contribution in [0.5, 0.6) is 0 Å². The highest BCUT2D eigenvalue weighted by Gasteiger charge is 2.14. The van der Waals surface area contributed by atoms with Gasteiger partial charge in [0.15, 0.2) is 5.17 Å². The number of hydrogen-bond acceptors (Lipinski definition) is 4. The van der Waals surface area contributed by atoms with Gasteiger partial charge in [0, 0.05) is 5.56 Å². The number of sulfonamides is 1. The number of hydrogen-bond donors (Lipinski definition) is 2. The molecular weight excluding hydrogens is 334 g/mol. The Labute approximate surface area is 139 Å². The Balaban J connectivity index is 2.09. The molecule has 0 aliphatic heterocycles. The predicted octanol–water partition coefficient (Wildman–Crippen LogP) is 2.03. The standard InChI is InChI=1S/C15H15N3O3S2/c1-22-15(17-16-14(19)12-8-4-2-5-9-12)18-23(20,21)13-10-6-3-7-11-13/h2-11H,1H3,(H,16,19)(H,17,18). The molecule has 0 saturated heterocycles. The summed E-state index contributed by atoms with van der Waals surface area (Å²) >= 11 is 1.07. The number of nitrogens with one attached hydrogen (secondary N) is 2. The number of amides is 1. The van der Waals surface area contributed by atoms with Crippen LogP contribution < -0.4 is 10.9 Å². The highest BCUT2D eigenvalue weighted by Crippen LogP contribution is 2.12. The van der Waals surface area contributed by atoms with Gasteiger partial charge in [-0.15, -0.1) is 4.40 Å². The molecule has 0 fully saturated rings. The lowest BCUT2D eigenvalue weighted by Gasteiger charge is -2.09. The van der Waals surface area contributed by atoms with Gasteiger partial charge in [-0.05, 0) is 30.5 Å². The van der Waals surface area contributed by atoms with E-state index in [4.69, 9.17) is 0 Å². The Morgan fingerprint density at radius 3 is 2.09 bits per heavy atom. The van der Waals surface area contributed by atoms with Crippen molar-refractivity contribution >= 4 is 32.9 Å². The molecule has 0 radical (unpaired) electrons. The summed E-state index contributed by atoms with van der Waals surface area (Å²) in [5.41, 5.74) is 5.40. The van der Waals surface area contributed by atoms with Crippen molar-refractivity contribution in [2.45, 2.75) is 4.90 Å². The summed E-state index contributed by atoms with van der Waals surface area (Å²) in [6, 6.07) is 16.4. The summed E-state index contributed by atoms with van der Waals surface area (Å²) in [5.74, 6) is -0.385. The van der Waals surface area contributed by atoms with E-state index in [0.29, 0.717) is 5.56 Å². The van der Waals surface area contributed by atoms with Crippen LogP contribution in [0.3, 0.4) is 0 Å². The summed E-state index contributed by atoms with van der Waals surface area (Å²) in [4.78, 5) is 12.0. The van der Waals surface area contributed by atoms with Gasteiger partial charge in [0.05, 0.1) is 4.90 Å². The number of amidine groups is 1. The van der Waals surface area contributed by atoms with E-state index >= 15 is 0 Å². The normalized spacial score (nSPS) is 11.8. The fraction of sp³-hybridized carbons (Fsp3) is 0.0667. The van der Waals surface area contributed by atoms with Crippen molar-refractivity contribution in [3.8, 4) is 0 Å². The Hall–Kier alpha value is -2.32. The molecule has 6 nitrogen and oxygen atoms in total. The zero-order valence-corrected chi connectivity index (χ0v) is 13.9. The second-order valence-corrected chi connectivity index (χ2v) is 6.73. The van der Waals surface area contributed by atoms with Crippen LogP contribution in [0.1, 0.15) is 10.4 Å². The van der Waals surface area contributed by atoms with Gasteiger partial charge in [-0.25, -0.2) is 0 Å². The molecule has 2 aromatic carbocycles. The number of rotatable bonds is 3. The summed E-state index contributed by atoms with van der Waals surface area (Å²) < 4.78 is 28.0. The van der Waals surface area contributed by atoms with Crippen molar-refractivity contribution < 1.29 is 13.2 Å². The SMILES string of the molecule is CSC(=NS(=O)(=O)c1ccccc1)NNC(=O)c1ccccc1. The van der Waals surface area contributed by atoms with Gasteiger partial charge < -0.3 is 0 Å². The molecule has 0 bridgehead atoms. The first-order valence-electron chi connectivity index (χ1n) is 6.58. The fourth-order valence-electron chi connectivity index (χ4n) is 1.64. The van der Waals surface area contributed by atoms with Crippen molar-refractivity contribution in [2.75, 3.05) is 6.26 Å². The molecule has 0 unspecified atom stereocenters. The fourth-order valence-corrected chi connectivity index (χ4v) is 3.25. The van der Waals surface area contributed by atoms with Crippen LogP contribution in [-0.4, -0.2) is 25.7 Å². The lowest BCUT2D eigenvalue weighted by atomic mass is 10.2. The van der Waals surface area contributed by atoms with Crippen molar-refractivity contribution in [2.24, 2.45) is 4.40 Å². The maximum Gasteiger partial charge on any atom is 0.284 e. The number of carbonyl (C=O) groups excluding carboxylic acids is 1. The van der Waals surface area contributed by atoms with E-state index in [0.717, 1.165) is 11.8 Å². The summed E-state index contributed by atoms with van der Waals surface area (Å²) in [7, 11) is -3.83. The molecular formula is C15H15N3O3S2. The van der Waals surface area contributed by atoms with Gasteiger partial charge >= 0.3 is 0 Å². The minimum atomic E-state index is -3.83. The van der Waals surface area contributed by atoms with Crippen molar-refractivity contribution in [1.82, 2.24) is 10.9 Å². The lowest BCUT2D eigenvalue weighted by Crippen LogP contribution is -2.40. The first-order chi connectivity index (χ1) is 11.0. The molecule has 23 heavy (non-hydrogen) atoms. The second kappa shape index (κ2) is 7.80. The maximum atomic E-state index is 12.2. The lowest BCUT2D eigenvalue weighted by molar-refractivity contribution is 0.0944. The van der Waals surface area contributed by atoms with Gasteiger partial charge in [-0.2, -0.15) is 8.42 Å². The Kier molecular flexibility index (Phi) is 5.78. The van der Waals surface area contributed by atoms with Gasteiger partial charge in [-0.1, -0.05) is 48.2 Å². The molecule has 0 spiro atoms. The molecule has 0 aliphatic carbocycles. The molecule has 2 aromatic rings. The number of thioether (sulfide) groups is 1. The largest absolute Gasteiger partial charge is 0.284 e. The monoisotopic (exact) mass is 349 g/mol. The number of carbonyl (C=O) groups is 1. The Morgan fingerprint density at radius 2 is 1.52 bits per heavy atom. The Bertz CT molecular complexity index is 791. The van der Waals surface area contributed by atoms with E-state index < -0.39 is 10.0 Å². The van der Waals surface area contributed by atoms with Gasteiger partial charge in [0.2, 0.25) is 0 Å². The molecule has 8 heteroatoms. The average molecular weight is 349 g/mol. The van der Waals surface area contributed by atoms with Crippen LogP contribution in [0, 0.1) is 0 Å². The van der Waals surface area contributed by atoms with E-state index in [1.165, 1.54) is 12.1 Å². The molecule has 1 amide bonds.